The normalized spacial score (nSPS) is 15.1. The number of ether oxygens (including phenoxy) is 2. The molecule has 0 saturated heterocycles. The minimum Gasteiger partial charge on any atom is -0.493 e. The maximum absolute atomic E-state index is 12.5. The Hall–Kier alpha value is -3.61. The molecule has 2 heterocycles. The van der Waals surface area contributed by atoms with Gasteiger partial charge in [-0.25, -0.2) is 0 Å². The van der Waals surface area contributed by atoms with Crippen LogP contribution < -0.4 is 14.8 Å². The van der Waals surface area contributed by atoms with E-state index in [1.54, 1.807) is 12.4 Å². The van der Waals surface area contributed by atoms with Crippen molar-refractivity contribution in [2.45, 2.75) is 33.3 Å². The highest BCUT2D eigenvalue weighted by Crippen LogP contribution is 2.35. The molecule has 0 bridgehead atoms. The number of nitrogens with zero attached hydrogens (tertiary/aromatic N) is 3. The predicted octanol–water partition coefficient (Wildman–Crippen LogP) is 3.95. The molecule has 3 aromatic rings. The van der Waals surface area contributed by atoms with Gasteiger partial charge in [0, 0.05) is 29.3 Å². The van der Waals surface area contributed by atoms with Crippen molar-refractivity contribution in [1.82, 2.24) is 14.8 Å². The summed E-state index contributed by atoms with van der Waals surface area (Å²) in [6.07, 6.45) is 5.91. The van der Waals surface area contributed by atoms with Gasteiger partial charge in [0.25, 0.3) is 0 Å². The topological polar surface area (TPSA) is 78.3 Å². The van der Waals surface area contributed by atoms with Crippen LogP contribution in [0.4, 0.5) is 5.69 Å². The van der Waals surface area contributed by atoms with Crippen molar-refractivity contribution in [2.75, 3.05) is 11.9 Å². The lowest BCUT2D eigenvalue weighted by Crippen LogP contribution is -2.08. The van der Waals surface area contributed by atoms with Crippen molar-refractivity contribution < 1.29 is 14.3 Å². The summed E-state index contributed by atoms with van der Waals surface area (Å²) in [5.74, 6) is 2.14. The molecule has 7 nitrogen and oxygen atoms in total. The lowest BCUT2D eigenvalue weighted by atomic mass is 10.1. The fourth-order valence-electron chi connectivity index (χ4n) is 3.50. The van der Waals surface area contributed by atoms with E-state index in [9.17, 15) is 4.79 Å². The number of anilines is 1. The molecular formula is C23H24N4O3. The Bertz CT molecular complexity index is 1100. The summed E-state index contributed by atoms with van der Waals surface area (Å²) in [5, 5.41) is 10.8. The molecule has 1 aromatic heterocycles. The molecule has 0 radical (unpaired) electrons. The monoisotopic (exact) mass is 404 g/mol. The van der Waals surface area contributed by atoms with Gasteiger partial charge in [-0.3, -0.25) is 9.36 Å². The molecule has 154 valence electrons. The van der Waals surface area contributed by atoms with Crippen molar-refractivity contribution in [3.63, 3.8) is 0 Å². The third-order valence-electron chi connectivity index (χ3n) is 4.85. The van der Waals surface area contributed by atoms with E-state index >= 15 is 0 Å². The van der Waals surface area contributed by atoms with Crippen LogP contribution in [-0.2, 0) is 11.2 Å². The van der Waals surface area contributed by atoms with E-state index in [2.05, 4.69) is 15.5 Å². The van der Waals surface area contributed by atoms with E-state index in [0.29, 0.717) is 12.3 Å². The minimum absolute atomic E-state index is 0.151. The van der Waals surface area contributed by atoms with Crippen LogP contribution in [0.5, 0.6) is 11.5 Å². The predicted molar refractivity (Wildman–Crippen MR) is 115 cm³/mol. The van der Waals surface area contributed by atoms with Crippen LogP contribution in [0.1, 0.15) is 30.8 Å². The van der Waals surface area contributed by atoms with Crippen LogP contribution in [0.15, 0.2) is 48.8 Å². The summed E-state index contributed by atoms with van der Waals surface area (Å²) in [6.45, 7) is 6.41. The molecule has 0 spiro atoms. The van der Waals surface area contributed by atoms with E-state index in [0.717, 1.165) is 40.6 Å². The highest BCUT2D eigenvalue weighted by molar-refractivity contribution is 6.02. The van der Waals surface area contributed by atoms with Gasteiger partial charge < -0.3 is 14.8 Å². The molecule has 1 atom stereocenters. The van der Waals surface area contributed by atoms with E-state index in [4.69, 9.17) is 9.47 Å². The first-order chi connectivity index (χ1) is 14.5. The molecule has 1 aliphatic rings. The van der Waals surface area contributed by atoms with Crippen LogP contribution in [0, 0.1) is 6.92 Å². The van der Waals surface area contributed by atoms with Crippen molar-refractivity contribution in [3.05, 3.63) is 65.8 Å². The second kappa shape index (κ2) is 8.41. The van der Waals surface area contributed by atoms with Crippen LogP contribution >= 0.6 is 0 Å². The Morgan fingerprint density at radius 3 is 3.00 bits per heavy atom. The first-order valence-electron chi connectivity index (χ1n) is 9.96. The number of hydrogen-bond donors (Lipinski definition) is 1. The Morgan fingerprint density at radius 1 is 1.37 bits per heavy atom. The minimum atomic E-state index is -0.232. The third-order valence-corrected chi connectivity index (χ3v) is 4.85. The van der Waals surface area contributed by atoms with E-state index in [-0.39, 0.29) is 12.0 Å². The van der Waals surface area contributed by atoms with Crippen molar-refractivity contribution in [2.24, 2.45) is 0 Å². The molecule has 0 fully saturated rings. The van der Waals surface area contributed by atoms with Crippen LogP contribution in [0.3, 0.4) is 0 Å². The fourth-order valence-corrected chi connectivity index (χ4v) is 3.50. The van der Waals surface area contributed by atoms with Crippen molar-refractivity contribution in [3.8, 4) is 17.2 Å². The average molecular weight is 404 g/mol. The van der Waals surface area contributed by atoms with Crippen molar-refractivity contribution in [1.29, 1.82) is 0 Å². The number of carbonyl (C=O) groups excluding carboxylic acids is 1. The van der Waals surface area contributed by atoms with Crippen LogP contribution in [0.25, 0.3) is 11.8 Å². The second-order valence-electron chi connectivity index (χ2n) is 7.18. The number of fused-ring (bicyclic) bond motifs is 1. The summed E-state index contributed by atoms with van der Waals surface area (Å²) in [7, 11) is 0. The van der Waals surface area contributed by atoms with Crippen LogP contribution in [-0.4, -0.2) is 33.4 Å². The molecule has 30 heavy (non-hydrogen) atoms. The molecule has 7 heteroatoms. The molecular weight excluding hydrogens is 380 g/mol. The largest absolute Gasteiger partial charge is 0.493 e. The second-order valence-corrected chi connectivity index (χ2v) is 7.18. The Labute approximate surface area is 175 Å². The molecule has 2 aromatic carbocycles. The van der Waals surface area contributed by atoms with Gasteiger partial charge in [-0.15, -0.1) is 10.2 Å². The van der Waals surface area contributed by atoms with E-state index in [1.807, 2.05) is 61.7 Å². The maximum Gasteiger partial charge on any atom is 0.248 e. The van der Waals surface area contributed by atoms with Gasteiger partial charge in [0.15, 0.2) is 0 Å². The molecule has 0 aliphatic carbocycles. The number of rotatable bonds is 6. The van der Waals surface area contributed by atoms with Crippen LogP contribution in [0.2, 0.25) is 0 Å². The summed E-state index contributed by atoms with van der Waals surface area (Å²) >= 11 is 0. The van der Waals surface area contributed by atoms with Gasteiger partial charge in [-0.05, 0) is 57.2 Å². The number of aromatic nitrogens is 3. The zero-order valence-electron chi connectivity index (χ0n) is 17.3. The highest BCUT2D eigenvalue weighted by atomic mass is 16.5. The summed E-state index contributed by atoms with van der Waals surface area (Å²) in [6, 6.07) is 11.5. The molecule has 1 amide bonds. The van der Waals surface area contributed by atoms with Gasteiger partial charge >= 0.3 is 0 Å². The Morgan fingerprint density at radius 2 is 2.23 bits per heavy atom. The van der Waals surface area contributed by atoms with Gasteiger partial charge in [-0.1, -0.05) is 6.07 Å². The maximum atomic E-state index is 12.5. The third kappa shape index (κ3) is 4.20. The number of hydrogen-bond acceptors (Lipinski definition) is 5. The summed E-state index contributed by atoms with van der Waals surface area (Å²) in [4.78, 5) is 12.5. The average Bonchev–Trinajstić information content (AvgIpc) is 3.30. The first-order valence-corrected chi connectivity index (χ1v) is 9.96. The standard InChI is InChI=1S/C23H24N4O3/c1-4-29-21-12-18-10-15(2)30-22(18)11-17(21)8-9-23(28)25-19-6-5-7-20(13-19)27-14-24-26-16(27)3/h5-9,11-15H,4,10H2,1-3H3,(H,25,28). The van der Waals surface area contributed by atoms with Gasteiger partial charge in [0.05, 0.1) is 12.3 Å². The molecule has 1 aliphatic heterocycles. The quantitative estimate of drug-likeness (QED) is 0.630. The summed E-state index contributed by atoms with van der Waals surface area (Å²) < 4.78 is 13.5. The number of amides is 1. The van der Waals surface area contributed by atoms with Crippen molar-refractivity contribution >= 4 is 17.7 Å². The fraction of sp³-hybridized carbons (Fsp3) is 0.261. The van der Waals surface area contributed by atoms with Gasteiger partial charge in [0.2, 0.25) is 5.91 Å². The van der Waals surface area contributed by atoms with E-state index < -0.39 is 0 Å². The number of aryl methyl sites for hydroxylation is 1. The number of carbonyl (C=O) groups is 1. The zero-order chi connectivity index (χ0) is 21.1. The SMILES string of the molecule is CCOc1cc2c(cc1C=CC(=O)Nc1cccc(-n3cnnc3C)c1)OC(C)C2. The molecule has 4 rings (SSSR count). The highest BCUT2D eigenvalue weighted by Gasteiger charge is 2.21. The lowest BCUT2D eigenvalue weighted by molar-refractivity contribution is -0.111. The zero-order valence-corrected chi connectivity index (χ0v) is 17.3. The number of benzene rings is 2. The van der Waals surface area contributed by atoms with Gasteiger partial charge in [-0.2, -0.15) is 0 Å². The lowest BCUT2D eigenvalue weighted by Gasteiger charge is -2.10. The summed E-state index contributed by atoms with van der Waals surface area (Å²) in [5.41, 5.74) is 3.51. The first kappa shape index (κ1) is 19.7. The number of nitrogens with one attached hydrogen (secondary N) is 1. The molecule has 1 unspecified atom stereocenters. The molecule has 1 N–H and O–H groups in total. The van der Waals surface area contributed by atoms with E-state index in [1.165, 1.54) is 6.08 Å². The smallest absolute Gasteiger partial charge is 0.248 e. The molecule has 0 saturated carbocycles. The Kier molecular flexibility index (Phi) is 5.52. The Balaban J connectivity index is 1.51. The van der Waals surface area contributed by atoms with Gasteiger partial charge in [0.1, 0.15) is 29.8 Å².